The van der Waals surface area contributed by atoms with Gasteiger partial charge in [0.15, 0.2) is 9.84 Å². The summed E-state index contributed by atoms with van der Waals surface area (Å²) in [5, 5.41) is -0.630. The Kier molecular flexibility index (Phi) is 2.55. The fourth-order valence-electron chi connectivity index (χ4n) is 0.625. The molecule has 0 N–H and O–H groups in total. The lowest BCUT2D eigenvalue weighted by Gasteiger charge is -1.87. The van der Waals surface area contributed by atoms with E-state index in [9.17, 15) is 13.2 Å². The van der Waals surface area contributed by atoms with Crippen molar-refractivity contribution in [3.05, 3.63) is 17.0 Å². The van der Waals surface area contributed by atoms with Gasteiger partial charge in [0.2, 0.25) is 0 Å². The van der Waals surface area contributed by atoms with Gasteiger partial charge < -0.3 is 0 Å². The summed E-state index contributed by atoms with van der Waals surface area (Å²) in [5.74, 6) is 0. The van der Waals surface area contributed by atoms with Crippen molar-refractivity contribution in [2.24, 2.45) is 0 Å². The van der Waals surface area contributed by atoms with Crippen LogP contribution in [0.25, 0.3) is 0 Å². The molecule has 0 saturated carbocycles. The molecule has 0 atom stereocenters. The quantitative estimate of drug-likeness (QED) is 0.716. The van der Waals surface area contributed by atoms with E-state index in [1.54, 1.807) is 0 Å². The third kappa shape index (κ3) is 2.06. The molecule has 0 aliphatic carbocycles. The van der Waals surface area contributed by atoms with Crippen molar-refractivity contribution in [2.75, 3.05) is 6.26 Å². The molecule has 1 heterocycles. The Balaban J connectivity index is 3.17. The smallest absolute Gasteiger partial charge is 0.262 e. The van der Waals surface area contributed by atoms with Gasteiger partial charge in [0.25, 0.3) is 5.24 Å². The second-order valence-electron chi connectivity index (χ2n) is 2.16. The van der Waals surface area contributed by atoms with Crippen LogP contribution < -0.4 is 0 Å². The van der Waals surface area contributed by atoms with Gasteiger partial charge in [-0.15, -0.1) is 11.3 Å². The van der Waals surface area contributed by atoms with Crippen LogP contribution in [0.4, 0.5) is 0 Å². The predicted molar refractivity (Wildman–Crippen MR) is 47.6 cm³/mol. The van der Waals surface area contributed by atoms with Gasteiger partial charge in [0, 0.05) is 6.26 Å². The molecule has 0 spiro atoms. The monoisotopic (exact) mass is 224 g/mol. The van der Waals surface area contributed by atoms with E-state index < -0.39 is 15.1 Å². The van der Waals surface area contributed by atoms with Crippen LogP contribution in [0.15, 0.2) is 16.3 Å². The van der Waals surface area contributed by atoms with Crippen LogP contribution in [0, 0.1) is 0 Å². The van der Waals surface area contributed by atoms with Crippen molar-refractivity contribution in [3.63, 3.8) is 0 Å². The third-order valence-corrected chi connectivity index (χ3v) is 4.36. The minimum Gasteiger partial charge on any atom is -0.275 e. The molecule has 0 bridgehead atoms. The highest BCUT2D eigenvalue weighted by molar-refractivity contribution is 7.92. The molecule has 0 saturated heterocycles. The maximum absolute atomic E-state index is 10.9. The van der Waals surface area contributed by atoms with Gasteiger partial charge in [-0.1, -0.05) is 0 Å². The summed E-state index contributed by atoms with van der Waals surface area (Å²) in [6.45, 7) is 0. The number of halogens is 1. The molecule has 66 valence electrons. The largest absolute Gasteiger partial charge is 0.275 e. The van der Waals surface area contributed by atoms with E-state index in [4.69, 9.17) is 11.6 Å². The van der Waals surface area contributed by atoms with Gasteiger partial charge in [-0.2, -0.15) is 0 Å². The first-order chi connectivity index (χ1) is 5.41. The van der Waals surface area contributed by atoms with Crippen molar-refractivity contribution in [3.8, 4) is 0 Å². The minimum atomic E-state index is -3.21. The molecule has 12 heavy (non-hydrogen) atoms. The van der Waals surface area contributed by atoms with Gasteiger partial charge in [0.1, 0.15) is 4.21 Å². The van der Waals surface area contributed by atoms with Crippen molar-refractivity contribution >= 4 is 38.0 Å². The Bertz CT molecular complexity index is 404. The molecule has 0 radical (unpaired) electrons. The molecular formula is C6H5ClO3S2. The highest BCUT2D eigenvalue weighted by Gasteiger charge is 2.12. The summed E-state index contributed by atoms with van der Waals surface area (Å²) in [6.07, 6.45) is 1.08. The molecule has 6 heteroatoms. The summed E-state index contributed by atoms with van der Waals surface area (Å²) < 4.78 is 22.0. The molecule has 1 aromatic rings. The summed E-state index contributed by atoms with van der Waals surface area (Å²) in [7, 11) is -3.21. The van der Waals surface area contributed by atoms with Gasteiger partial charge in [-0.05, 0) is 23.7 Å². The number of hydrogen-bond acceptors (Lipinski definition) is 4. The molecule has 0 aromatic carbocycles. The van der Waals surface area contributed by atoms with Crippen molar-refractivity contribution < 1.29 is 13.2 Å². The first kappa shape index (κ1) is 9.70. The molecule has 0 aliphatic heterocycles. The second kappa shape index (κ2) is 3.16. The van der Waals surface area contributed by atoms with Crippen LogP contribution in [-0.2, 0) is 9.84 Å². The lowest BCUT2D eigenvalue weighted by atomic mass is 10.5. The van der Waals surface area contributed by atoms with E-state index in [1.807, 2.05) is 0 Å². The lowest BCUT2D eigenvalue weighted by Crippen LogP contribution is -1.91. The van der Waals surface area contributed by atoms with E-state index in [0.717, 1.165) is 17.6 Å². The van der Waals surface area contributed by atoms with Crippen molar-refractivity contribution in [1.29, 1.82) is 0 Å². The zero-order valence-corrected chi connectivity index (χ0v) is 8.46. The zero-order valence-electron chi connectivity index (χ0n) is 6.07. The summed E-state index contributed by atoms with van der Waals surface area (Å²) >= 11 is 6.02. The molecule has 0 unspecified atom stereocenters. The number of sulfone groups is 1. The highest BCUT2D eigenvalue weighted by Crippen LogP contribution is 2.22. The number of rotatable bonds is 2. The number of hydrogen-bond donors (Lipinski definition) is 0. The second-order valence-corrected chi connectivity index (χ2v) is 5.83. The summed E-state index contributed by atoms with van der Waals surface area (Å²) in [6, 6.07) is 2.77. The van der Waals surface area contributed by atoms with Crippen LogP contribution in [0.5, 0.6) is 0 Å². The van der Waals surface area contributed by atoms with Crippen LogP contribution in [0.3, 0.4) is 0 Å². The maximum atomic E-state index is 10.9. The zero-order chi connectivity index (χ0) is 9.35. The Morgan fingerprint density at radius 1 is 1.50 bits per heavy atom. The molecule has 0 fully saturated rings. The fraction of sp³-hybridized carbons (Fsp3) is 0.167. The van der Waals surface area contributed by atoms with Gasteiger partial charge >= 0.3 is 0 Å². The first-order valence-corrected chi connectivity index (χ1v) is 5.99. The van der Waals surface area contributed by atoms with Crippen LogP contribution >= 0.6 is 22.9 Å². The first-order valence-electron chi connectivity index (χ1n) is 2.91. The Morgan fingerprint density at radius 2 is 2.08 bits per heavy atom. The molecule has 0 amide bonds. The molecule has 1 rings (SSSR count). The summed E-state index contributed by atoms with van der Waals surface area (Å²) in [5.41, 5.74) is 0. The van der Waals surface area contributed by atoms with Crippen molar-refractivity contribution in [1.82, 2.24) is 0 Å². The average molecular weight is 225 g/mol. The van der Waals surface area contributed by atoms with Gasteiger partial charge in [0.05, 0.1) is 4.88 Å². The van der Waals surface area contributed by atoms with E-state index in [2.05, 4.69) is 0 Å². The lowest BCUT2D eigenvalue weighted by molar-refractivity contribution is 0.108. The average Bonchev–Trinajstić information content (AvgIpc) is 2.30. The Hall–Kier alpha value is -0.390. The van der Waals surface area contributed by atoms with E-state index in [0.29, 0.717) is 0 Å². The topological polar surface area (TPSA) is 51.2 Å². The minimum absolute atomic E-state index is 0.159. The molecule has 1 aromatic heterocycles. The highest BCUT2D eigenvalue weighted by atomic mass is 35.5. The van der Waals surface area contributed by atoms with Gasteiger partial charge in [-0.25, -0.2) is 8.42 Å². The van der Waals surface area contributed by atoms with E-state index in [-0.39, 0.29) is 9.09 Å². The van der Waals surface area contributed by atoms with Gasteiger partial charge in [-0.3, -0.25) is 4.79 Å². The van der Waals surface area contributed by atoms with Crippen molar-refractivity contribution in [2.45, 2.75) is 4.21 Å². The molecular weight excluding hydrogens is 220 g/mol. The number of carbonyl (C=O) groups is 1. The maximum Gasteiger partial charge on any atom is 0.262 e. The summed E-state index contributed by atoms with van der Waals surface area (Å²) in [4.78, 5) is 10.8. The standard InChI is InChI=1S/C6H5ClO3S2/c1-12(9,10)5-3-2-4(11-5)6(7)8/h2-3H,1H3. The Labute approximate surface area is 78.9 Å². The molecule has 0 aliphatic rings. The molecule has 3 nitrogen and oxygen atoms in total. The van der Waals surface area contributed by atoms with Crippen LogP contribution in [0.2, 0.25) is 0 Å². The predicted octanol–water partition coefficient (Wildman–Crippen LogP) is 1.53. The normalized spacial score (nSPS) is 11.5. The Morgan fingerprint density at radius 3 is 2.33 bits per heavy atom. The van der Waals surface area contributed by atoms with Crippen LogP contribution in [0.1, 0.15) is 9.67 Å². The van der Waals surface area contributed by atoms with E-state index in [1.165, 1.54) is 12.1 Å². The van der Waals surface area contributed by atoms with E-state index >= 15 is 0 Å². The SMILES string of the molecule is CS(=O)(=O)c1ccc(C(=O)Cl)s1. The fourth-order valence-corrected chi connectivity index (χ4v) is 2.56. The number of thiophene rings is 1. The van der Waals surface area contributed by atoms with Crippen LogP contribution in [-0.4, -0.2) is 19.9 Å². The third-order valence-electron chi connectivity index (χ3n) is 1.14. The number of carbonyl (C=O) groups excluding carboxylic acids is 1.